The standard InChI is InChI=1S/C12H21BN6O4.ClH/c1-2-7-15-11(20)9-19-12(16-17-18-19)10(14)6-4-3-5-8-23-13(21)22;/h1,10,21-22H,3-9,14H2,(H,15,20);1H. The highest BCUT2D eigenvalue weighted by atomic mass is 35.5. The second-order valence-corrected chi connectivity index (χ2v) is 4.83. The fourth-order valence-corrected chi connectivity index (χ4v) is 1.89. The highest BCUT2D eigenvalue weighted by molar-refractivity contribution is 6.32. The molecule has 0 bridgehead atoms. The van der Waals surface area contributed by atoms with Crippen LogP contribution in [0.1, 0.15) is 37.5 Å². The number of halogens is 1. The molecule has 0 spiro atoms. The van der Waals surface area contributed by atoms with Gasteiger partial charge in [-0.05, 0) is 23.3 Å². The highest BCUT2D eigenvalue weighted by Gasteiger charge is 2.16. The zero-order valence-corrected chi connectivity index (χ0v) is 14.0. The van der Waals surface area contributed by atoms with Gasteiger partial charge in [-0.15, -0.1) is 23.9 Å². The Morgan fingerprint density at radius 2 is 2.21 bits per heavy atom. The number of amides is 1. The van der Waals surface area contributed by atoms with Gasteiger partial charge in [0, 0.05) is 6.61 Å². The van der Waals surface area contributed by atoms with Crippen molar-refractivity contribution >= 4 is 25.6 Å². The van der Waals surface area contributed by atoms with Gasteiger partial charge in [0.05, 0.1) is 12.6 Å². The number of rotatable bonds is 11. The lowest BCUT2D eigenvalue weighted by Crippen LogP contribution is -2.30. The molecule has 1 atom stereocenters. The molecule has 1 rings (SSSR count). The maximum atomic E-state index is 11.6. The molecule has 0 fully saturated rings. The third-order valence-electron chi connectivity index (χ3n) is 3.00. The van der Waals surface area contributed by atoms with E-state index in [1.54, 1.807) is 0 Å². The molecule has 0 aliphatic rings. The summed E-state index contributed by atoms with van der Waals surface area (Å²) in [5, 5.41) is 30.7. The van der Waals surface area contributed by atoms with Gasteiger partial charge in [0.25, 0.3) is 0 Å². The van der Waals surface area contributed by atoms with E-state index in [0.717, 1.165) is 12.8 Å². The molecule has 1 aromatic heterocycles. The number of carbonyl (C=O) groups excluding carboxylic acids is 1. The van der Waals surface area contributed by atoms with Gasteiger partial charge < -0.3 is 25.8 Å². The summed E-state index contributed by atoms with van der Waals surface area (Å²) in [6, 6.07) is -0.394. The summed E-state index contributed by atoms with van der Waals surface area (Å²) in [5.41, 5.74) is 6.04. The normalized spacial score (nSPS) is 11.2. The first-order valence-corrected chi connectivity index (χ1v) is 7.24. The first-order valence-electron chi connectivity index (χ1n) is 7.24. The molecule has 1 unspecified atom stereocenters. The van der Waals surface area contributed by atoms with Crippen molar-refractivity contribution in [3.63, 3.8) is 0 Å². The van der Waals surface area contributed by atoms with Crippen molar-refractivity contribution in [1.29, 1.82) is 0 Å². The Kier molecular flexibility index (Phi) is 11.8. The van der Waals surface area contributed by atoms with E-state index in [1.165, 1.54) is 4.68 Å². The van der Waals surface area contributed by atoms with Crippen molar-refractivity contribution in [2.75, 3.05) is 13.2 Å². The number of nitrogens with one attached hydrogen (secondary N) is 1. The summed E-state index contributed by atoms with van der Waals surface area (Å²) < 4.78 is 5.95. The molecule has 0 aliphatic heterocycles. The summed E-state index contributed by atoms with van der Waals surface area (Å²) in [6.07, 6.45) is 7.99. The van der Waals surface area contributed by atoms with Gasteiger partial charge in [-0.3, -0.25) is 4.79 Å². The number of nitrogens with two attached hydrogens (primary N) is 1. The molecular weight excluding hydrogens is 338 g/mol. The average Bonchev–Trinajstić information content (AvgIpc) is 2.96. The number of tetrazole rings is 1. The lowest BCUT2D eigenvalue weighted by atomic mass is 10.1. The third kappa shape index (κ3) is 8.80. The lowest BCUT2D eigenvalue weighted by molar-refractivity contribution is -0.121. The first-order chi connectivity index (χ1) is 11.0. The fraction of sp³-hybridized carbons (Fsp3) is 0.667. The Morgan fingerprint density at radius 3 is 2.88 bits per heavy atom. The summed E-state index contributed by atoms with van der Waals surface area (Å²) in [4.78, 5) is 11.6. The topological polar surface area (TPSA) is 148 Å². The number of hydrogen-bond acceptors (Lipinski definition) is 8. The van der Waals surface area contributed by atoms with Crippen molar-refractivity contribution in [2.24, 2.45) is 5.73 Å². The van der Waals surface area contributed by atoms with E-state index < -0.39 is 13.4 Å². The maximum absolute atomic E-state index is 11.6. The van der Waals surface area contributed by atoms with E-state index in [2.05, 4.69) is 31.4 Å². The number of aromatic nitrogens is 4. The Morgan fingerprint density at radius 1 is 1.46 bits per heavy atom. The molecule has 0 radical (unpaired) electrons. The van der Waals surface area contributed by atoms with Gasteiger partial charge in [-0.1, -0.05) is 18.8 Å². The second kappa shape index (κ2) is 12.7. The smallest absolute Gasteiger partial charge is 0.402 e. The summed E-state index contributed by atoms with van der Waals surface area (Å²) in [6.45, 7) is 0.368. The molecule has 1 amide bonds. The van der Waals surface area contributed by atoms with E-state index in [4.69, 9.17) is 22.2 Å². The van der Waals surface area contributed by atoms with E-state index >= 15 is 0 Å². The zero-order valence-electron chi connectivity index (χ0n) is 13.2. The van der Waals surface area contributed by atoms with Crippen LogP contribution in [-0.4, -0.2) is 56.6 Å². The molecule has 0 aromatic carbocycles. The molecule has 10 nitrogen and oxygen atoms in total. The van der Waals surface area contributed by atoms with Gasteiger partial charge in [0.15, 0.2) is 5.82 Å². The molecular formula is C12H22BClN6O4. The van der Waals surface area contributed by atoms with Crippen LogP contribution in [-0.2, 0) is 16.0 Å². The van der Waals surface area contributed by atoms with E-state index in [9.17, 15) is 4.79 Å². The zero-order chi connectivity index (χ0) is 17.1. The quantitative estimate of drug-likeness (QED) is 0.209. The number of unbranched alkanes of at least 4 members (excludes halogenated alkanes) is 2. The Hall–Kier alpha value is -1.71. The predicted octanol–water partition coefficient (Wildman–Crippen LogP) is -1.61. The first kappa shape index (κ1) is 22.3. The van der Waals surface area contributed by atoms with Crippen LogP contribution in [0.3, 0.4) is 0 Å². The van der Waals surface area contributed by atoms with E-state index in [-0.39, 0.29) is 38.0 Å². The van der Waals surface area contributed by atoms with E-state index in [1.807, 2.05) is 0 Å². The van der Waals surface area contributed by atoms with Crippen molar-refractivity contribution in [3.05, 3.63) is 5.82 Å². The molecule has 0 saturated heterocycles. The second-order valence-electron chi connectivity index (χ2n) is 4.83. The summed E-state index contributed by atoms with van der Waals surface area (Å²) in [5.74, 6) is 2.45. The number of hydrogen-bond donors (Lipinski definition) is 4. The number of carbonyl (C=O) groups is 1. The lowest BCUT2D eigenvalue weighted by Gasteiger charge is -2.11. The summed E-state index contributed by atoms with van der Waals surface area (Å²) in [7, 11) is -1.73. The highest BCUT2D eigenvalue weighted by Crippen LogP contribution is 2.14. The molecule has 0 saturated carbocycles. The Bertz CT molecular complexity index is 524. The maximum Gasteiger partial charge on any atom is 0.633 e. The fourth-order valence-electron chi connectivity index (χ4n) is 1.89. The molecule has 134 valence electrons. The Balaban J connectivity index is 0.00000529. The van der Waals surface area contributed by atoms with E-state index in [0.29, 0.717) is 18.7 Å². The molecule has 1 heterocycles. The van der Waals surface area contributed by atoms with Gasteiger partial charge in [0.2, 0.25) is 5.91 Å². The Labute approximate surface area is 146 Å². The minimum atomic E-state index is -1.73. The molecule has 0 aliphatic carbocycles. The van der Waals surface area contributed by atoms with Crippen LogP contribution in [0.15, 0.2) is 0 Å². The van der Waals surface area contributed by atoms with Gasteiger partial charge in [-0.25, -0.2) is 4.68 Å². The minimum Gasteiger partial charge on any atom is -0.402 e. The number of nitrogens with zero attached hydrogens (tertiary/aromatic N) is 4. The molecule has 1 aromatic rings. The van der Waals surface area contributed by atoms with Crippen molar-refractivity contribution < 1.29 is 19.5 Å². The van der Waals surface area contributed by atoms with Crippen LogP contribution in [0.25, 0.3) is 0 Å². The minimum absolute atomic E-state index is 0. The van der Waals surface area contributed by atoms with Crippen LogP contribution < -0.4 is 11.1 Å². The molecule has 5 N–H and O–H groups in total. The molecule has 24 heavy (non-hydrogen) atoms. The average molecular weight is 361 g/mol. The van der Waals surface area contributed by atoms with Gasteiger partial charge >= 0.3 is 7.32 Å². The van der Waals surface area contributed by atoms with Crippen molar-refractivity contribution in [3.8, 4) is 12.3 Å². The van der Waals surface area contributed by atoms with Crippen LogP contribution in [0.2, 0.25) is 0 Å². The van der Waals surface area contributed by atoms with Gasteiger partial charge in [-0.2, -0.15) is 0 Å². The van der Waals surface area contributed by atoms with Crippen LogP contribution in [0, 0.1) is 12.3 Å². The number of terminal acetylenes is 1. The summed E-state index contributed by atoms with van der Waals surface area (Å²) >= 11 is 0. The van der Waals surface area contributed by atoms with Crippen molar-refractivity contribution in [2.45, 2.75) is 38.3 Å². The predicted molar refractivity (Wildman–Crippen MR) is 88.4 cm³/mol. The SMILES string of the molecule is C#CCNC(=O)Cn1nnnc1C(N)CCCCCOB(O)O.Cl. The van der Waals surface area contributed by atoms with Gasteiger partial charge in [0.1, 0.15) is 6.54 Å². The third-order valence-corrected chi connectivity index (χ3v) is 3.00. The van der Waals surface area contributed by atoms with Crippen LogP contribution >= 0.6 is 12.4 Å². The van der Waals surface area contributed by atoms with Crippen molar-refractivity contribution in [1.82, 2.24) is 25.5 Å². The largest absolute Gasteiger partial charge is 0.633 e. The van der Waals surface area contributed by atoms with Crippen LogP contribution in [0.4, 0.5) is 0 Å². The van der Waals surface area contributed by atoms with Crippen LogP contribution in [0.5, 0.6) is 0 Å². The monoisotopic (exact) mass is 360 g/mol. The molecule has 12 heteroatoms.